The minimum Gasteiger partial charge on any atom is -0.207 e. The molecule has 0 atom stereocenters. The fraction of sp³-hybridized carbons (Fsp3) is 0. The van der Waals surface area contributed by atoms with E-state index >= 15 is 8.78 Å². The van der Waals surface area contributed by atoms with Crippen molar-refractivity contribution in [2.24, 2.45) is 0 Å². The van der Waals surface area contributed by atoms with Crippen LogP contribution in [0.15, 0.2) is 146 Å². The Hall–Kier alpha value is -6.26. The summed E-state index contributed by atoms with van der Waals surface area (Å²) in [5, 5.41) is 9.45. The van der Waals surface area contributed by atoms with Crippen molar-refractivity contribution >= 4 is 64.6 Å². The molecule has 0 bridgehead atoms. The van der Waals surface area contributed by atoms with Crippen molar-refractivity contribution in [1.82, 2.24) is 0 Å². The van der Waals surface area contributed by atoms with E-state index in [1.54, 1.807) is 42.5 Å². The Balaban J connectivity index is 1.33. The number of halogens is 4. The molecule has 10 aromatic rings. The molecule has 0 saturated heterocycles. The summed E-state index contributed by atoms with van der Waals surface area (Å²) in [6.45, 7) is 0. The zero-order chi connectivity index (χ0) is 33.7. The highest BCUT2D eigenvalue weighted by atomic mass is 19.1. The van der Waals surface area contributed by atoms with Gasteiger partial charge in [0.15, 0.2) is 0 Å². The van der Waals surface area contributed by atoms with Crippen molar-refractivity contribution in [2.75, 3.05) is 0 Å². The first-order valence-electron chi connectivity index (χ1n) is 16.4. The summed E-state index contributed by atoms with van der Waals surface area (Å²) < 4.78 is 60.3. The molecule has 0 amide bonds. The largest absolute Gasteiger partial charge is 0.207 e. The maximum atomic E-state index is 16.3. The summed E-state index contributed by atoms with van der Waals surface area (Å²) in [5.74, 6) is -1.37. The second-order valence-corrected chi connectivity index (χ2v) is 12.9. The van der Waals surface area contributed by atoms with Crippen molar-refractivity contribution in [2.45, 2.75) is 0 Å². The molecule has 10 aromatic carbocycles. The monoisotopic (exact) mass is 652 g/mol. The first-order valence-corrected chi connectivity index (χ1v) is 16.4. The molecular weight excluding hydrogens is 628 g/mol. The van der Waals surface area contributed by atoms with Gasteiger partial charge in [-0.2, -0.15) is 0 Å². The zero-order valence-corrected chi connectivity index (χ0v) is 26.4. The first kappa shape index (κ1) is 28.7. The summed E-state index contributed by atoms with van der Waals surface area (Å²) in [5.41, 5.74) is 5.05. The normalized spacial score (nSPS) is 12.0. The molecular formula is C46H24F4. The van der Waals surface area contributed by atoms with Gasteiger partial charge in [-0.3, -0.25) is 0 Å². The van der Waals surface area contributed by atoms with Gasteiger partial charge in [-0.05, 0) is 118 Å². The topological polar surface area (TPSA) is 0 Å². The van der Waals surface area contributed by atoms with Crippen LogP contribution in [0.4, 0.5) is 17.6 Å². The highest BCUT2D eigenvalue weighted by Gasteiger charge is 2.22. The lowest BCUT2D eigenvalue weighted by Gasteiger charge is -2.21. The molecule has 0 spiro atoms. The molecule has 0 aromatic heterocycles. The quantitative estimate of drug-likeness (QED) is 0.101. The van der Waals surface area contributed by atoms with Crippen LogP contribution in [0.5, 0.6) is 0 Å². The van der Waals surface area contributed by atoms with Crippen LogP contribution in [-0.4, -0.2) is 0 Å². The maximum Gasteiger partial charge on any atom is 0.131 e. The Morgan fingerprint density at radius 1 is 0.300 bits per heavy atom. The van der Waals surface area contributed by atoms with Crippen LogP contribution in [0.25, 0.3) is 98.0 Å². The minimum atomic E-state index is -0.375. The lowest BCUT2D eigenvalue weighted by Crippen LogP contribution is -1.95. The molecule has 0 N–H and O–H groups in total. The van der Waals surface area contributed by atoms with Gasteiger partial charge >= 0.3 is 0 Å². The Kier molecular flexibility index (Phi) is 6.10. The molecule has 0 saturated carbocycles. The summed E-state index contributed by atoms with van der Waals surface area (Å²) in [7, 11) is 0. The standard InChI is InChI=1S/C46H24F4/c47-27-13-9-25(10-14-27)43-33-7-3-4-8-34(33)45(37-18-15-28(48)23-39(37)43)35-19-20-38-42(50)24-40-31(16-11-26-12-17-36(35)46(38)44(26)40)30-21-22-41(49)32-6-2-1-5-29(30)32/h1-24H. The van der Waals surface area contributed by atoms with Crippen molar-refractivity contribution in [1.29, 1.82) is 0 Å². The van der Waals surface area contributed by atoms with Crippen molar-refractivity contribution < 1.29 is 17.6 Å². The van der Waals surface area contributed by atoms with Crippen LogP contribution in [0.3, 0.4) is 0 Å². The van der Waals surface area contributed by atoms with Gasteiger partial charge < -0.3 is 0 Å². The van der Waals surface area contributed by atoms with E-state index in [4.69, 9.17) is 0 Å². The lowest BCUT2D eigenvalue weighted by atomic mass is 9.82. The highest BCUT2D eigenvalue weighted by molar-refractivity contribution is 6.31. The highest BCUT2D eigenvalue weighted by Crippen LogP contribution is 2.49. The van der Waals surface area contributed by atoms with Gasteiger partial charge in [0.05, 0.1) is 0 Å². The van der Waals surface area contributed by atoms with Crippen LogP contribution in [-0.2, 0) is 0 Å². The van der Waals surface area contributed by atoms with Gasteiger partial charge in [-0.25, -0.2) is 17.6 Å². The maximum absolute atomic E-state index is 16.3. The fourth-order valence-corrected chi connectivity index (χ4v) is 8.16. The molecule has 0 unspecified atom stereocenters. The van der Waals surface area contributed by atoms with Crippen molar-refractivity contribution in [3.05, 3.63) is 169 Å². The number of rotatable bonds is 3. The Bertz CT molecular complexity index is 3010. The van der Waals surface area contributed by atoms with E-state index in [-0.39, 0.29) is 23.3 Å². The van der Waals surface area contributed by atoms with Gasteiger partial charge in [0.2, 0.25) is 0 Å². The van der Waals surface area contributed by atoms with E-state index in [0.29, 0.717) is 16.2 Å². The predicted molar refractivity (Wildman–Crippen MR) is 199 cm³/mol. The summed E-state index contributed by atoms with van der Waals surface area (Å²) in [4.78, 5) is 0. The number of hydrogen-bond donors (Lipinski definition) is 0. The molecule has 0 aliphatic heterocycles. The molecule has 10 rings (SSSR count). The van der Waals surface area contributed by atoms with E-state index in [1.807, 2.05) is 66.7 Å². The third-order valence-electron chi connectivity index (χ3n) is 10.3. The summed E-state index contributed by atoms with van der Waals surface area (Å²) >= 11 is 0. The van der Waals surface area contributed by atoms with E-state index in [2.05, 4.69) is 12.1 Å². The van der Waals surface area contributed by atoms with Crippen LogP contribution < -0.4 is 0 Å². The lowest BCUT2D eigenvalue weighted by molar-refractivity contribution is 0.628. The van der Waals surface area contributed by atoms with E-state index in [9.17, 15) is 8.78 Å². The summed E-state index contributed by atoms with van der Waals surface area (Å²) in [6.07, 6.45) is 0. The van der Waals surface area contributed by atoms with Crippen LogP contribution >= 0.6 is 0 Å². The SMILES string of the molecule is Fc1ccc(-c2c3ccccc3c(-c3ccc4c(F)cc5c(-c6ccc(F)c7ccccc67)ccc6ccc3c4c65)c3ccc(F)cc23)cc1. The first-order chi connectivity index (χ1) is 24.5. The molecule has 50 heavy (non-hydrogen) atoms. The predicted octanol–water partition coefficient (Wildman–Crippen LogP) is 13.6. The number of benzene rings is 10. The molecule has 0 aliphatic rings. The molecule has 0 aliphatic carbocycles. The number of fused-ring (bicyclic) bond motifs is 3. The third-order valence-corrected chi connectivity index (χ3v) is 10.3. The molecule has 0 fully saturated rings. The van der Waals surface area contributed by atoms with E-state index < -0.39 is 0 Å². The third kappa shape index (κ3) is 4.05. The van der Waals surface area contributed by atoms with E-state index in [0.717, 1.165) is 81.9 Å². The van der Waals surface area contributed by atoms with Gasteiger partial charge in [0.25, 0.3) is 0 Å². The van der Waals surface area contributed by atoms with Crippen LogP contribution in [0, 0.1) is 23.3 Å². The Labute approximate surface area is 283 Å². The Morgan fingerprint density at radius 3 is 1.68 bits per heavy atom. The van der Waals surface area contributed by atoms with Crippen LogP contribution in [0.1, 0.15) is 0 Å². The fourth-order valence-electron chi connectivity index (χ4n) is 8.16. The zero-order valence-electron chi connectivity index (χ0n) is 26.4. The van der Waals surface area contributed by atoms with Gasteiger partial charge in [0, 0.05) is 16.2 Å². The average molecular weight is 653 g/mol. The number of hydrogen-bond acceptors (Lipinski definition) is 0. The Morgan fingerprint density at radius 2 is 0.880 bits per heavy atom. The average Bonchev–Trinajstić information content (AvgIpc) is 3.14. The van der Waals surface area contributed by atoms with Crippen LogP contribution in [0.2, 0.25) is 0 Å². The summed E-state index contributed by atoms with van der Waals surface area (Å²) in [6, 6.07) is 43.2. The molecule has 236 valence electrons. The molecule has 4 heteroatoms. The molecule has 0 radical (unpaired) electrons. The van der Waals surface area contributed by atoms with Gasteiger partial charge in [0.1, 0.15) is 23.3 Å². The van der Waals surface area contributed by atoms with Gasteiger partial charge in [-0.15, -0.1) is 0 Å². The minimum absolute atomic E-state index is 0.303. The van der Waals surface area contributed by atoms with Crippen molar-refractivity contribution in [3.63, 3.8) is 0 Å². The smallest absolute Gasteiger partial charge is 0.131 e. The van der Waals surface area contributed by atoms with E-state index in [1.165, 1.54) is 24.3 Å². The molecule has 0 heterocycles. The van der Waals surface area contributed by atoms with Gasteiger partial charge in [-0.1, -0.05) is 109 Å². The molecule has 0 nitrogen and oxygen atoms in total. The van der Waals surface area contributed by atoms with Crippen molar-refractivity contribution in [3.8, 4) is 33.4 Å². The second kappa shape index (κ2) is 10.6. The second-order valence-electron chi connectivity index (χ2n) is 12.9.